The van der Waals surface area contributed by atoms with Gasteiger partial charge in [0.15, 0.2) is 6.10 Å². The maximum atomic E-state index is 12.8. The molecule has 0 heterocycles. The number of rotatable bonds is 8. The van der Waals surface area contributed by atoms with Gasteiger partial charge in [-0.1, -0.05) is 41.4 Å². The van der Waals surface area contributed by atoms with E-state index < -0.39 is 12.0 Å². The van der Waals surface area contributed by atoms with Crippen molar-refractivity contribution in [1.82, 2.24) is 0 Å². The van der Waals surface area contributed by atoms with Crippen molar-refractivity contribution in [2.24, 2.45) is 0 Å². The first-order valence-electron chi connectivity index (χ1n) is 9.93. The predicted molar refractivity (Wildman–Crippen MR) is 127 cm³/mol. The van der Waals surface area contributed by atoms with Crippen molar-refractivity contribution in [2.75, 3.05) is 17.2 Å². The highest BCUT2D eigenvalue weighted by Crippen LogP contribution is 2.30. The van der Waals surface area contributed by atoms with Crippen LogP contribution in [0.15, 0.2) is 66.7 Å². The number of ether oxygens (including phenoxy) is 2. The lowest BCUT2D eigenvalue weighted by molar-refractivity contribution is -0.122. The standard InChI is InChI=1S/C24H22Cl2N2O4/c1-3-31-17-13-11-16(12-14-17)27-23(29)15(2)32-21-10-5-4-7-18(21)24(30)28-20-9-6-8-19(25)22(20)26/h4-15H,3H2,1-2H3,(H,27,29)(H,28,30)/t15-/m1/s1. The lowest BCUT2D eigenvalue weighted by Gasteiger charge is -2.17. The Kier molecular flexibility index (Phi) is 7.98. The molecule has 3 rings (SSSR count). The van der Waals surface area contributed by atoms with Gasteiger partial charge >= 0.3 is 0 Å². The van der Waals surface area contributed by atoms with Crippen molar-refractivity contribution in [2.45, 2.75) is 20.0 Å². The van der Waals surface area contributed by atoms with Crippen LogP contribution < -0.4 is 20.1 Å². The van der Waals surface area contributed by atoms with Crippen LogP contribution in [0, 0.1) is 0 Å². The van der Waals surface area contributed by atoms with Crippen LogP contribution in [0.25, 0.3) is 0 Å². The average molecular weight is 473 g/mol. The van der Waals surface area contributed by atoms with E-state index in [1.165, 1.54) is 0 Å². The first-order valence-corrected chi connectivity index (χ1v) is 10.7. The van der Waals surface area contributed by atoms with Crippen molar-refractivity contribution in [3.63, 3.8) is 0 Å². The number of amides is 2. The third-order valence-electron chi connectivity index (χ3n) is 4.44. The Morgan fingerprint density at radius 3 is 2.38 bits per heavy atom. The number of nitrogens with one attached hydrogen (secondary N) is 2. The van der Waals surface area contributed by atoms with Crippen LogP contribution in [0.3, 0.4) is 0 Å². The monoisotopic (exact) mass is 472 g/mol. The maximum Gasteiger partial charge on any atom is 0.265 e. The summed E-state index contributed by atoms with van der Waals surface area (Å²) < 4.78 is 11.2. The molecule has 0 spiro atoms. The van der Waals surface area contributed by atoms with Crippen molar-refractivity contribution >= 4 is 46.4 Å². The highest BCUT2D eigenvalue weighted by atomic mass is 35.5. The summed E-state index contributed by atoms with van der Waals surface area (Å²) in [6, 6.07) is 18.6. The second kappa shape index (κ2) is 10.9. The van der Waals surface area contributed by atoms with E-state index in [2.05, 4.69) is 10.6 Å². The SMILES string of the molecule is CCOc1ccc(NC(=O)[C@@H](C)Oc2ccccc2C(=O)Nc2cccc(Cl)c2Cl)cc1. The number of hydrogen-bond acceptors (Lipinski definition) is 4. The van der Waals surface area contributed by atoms with Crippen LogP contribution in [0.4, 0.5) is 11.4 Å². The molecule has 2 amide bonds. The van der Waals surface area contributed by atoms with E-state index in [9.17, 15) is 9.59 Å². The van der Waals surface area contributed by atoms with Gasteiger partial charge in [0, 0.05) is 5.69 Å². The zero-order chi connectivity index (χ0) is 23.1. The molecular weight excluding hydrogens is 451 g/mol. The second-order valence-corrected chi connectivity index (χ2v) is 7.54. The fourth-order valence-electron chi connectivity index (χ4n) is 2.84. The third-order valence-corrected chi connectivity index (χ3v) is 5.26. The number of benzene rings is 3. The predicted octanol–water partition coefficient (Wildman–Crippen LogP) is 6.05. The first-order chi connectivity index (χ1) is 15.4. The van der Waals surface area contributed by atoms with Crippen LogP contribution in [-0.4, -0.2) is 24.5 Å². The van der Waals surface area contributed by atoms with Crippen molar-refractivity contribution in [1.29, 1.82) is 0 Å². The van der Waals surface area contributed by atoms with Crippen LogP contribution >= 0.6 is 23.2 Å². The van der Waals surface area contributed by atoms with E-state index in [1.54, 1.807) is 73.7 Å². The summed E-state index contributed by atoms with van der Waals surface area (Å²) in [4.78, 5) is 25.4. The quantitative estimate of drug-likeness (QED) is 0.418. The summed E-state index contributed by atoms with van der Waals surface area (Å²) >= 11 is 12.2. The third kappa shape index (κ3) is 5.93. The Labute approximate surface area is 196 Å². The minimum atomic E-state index is -0.856. The van der Waals surface area contributed by atoms with Crippen molar-refractivity contribution in [3.05, 3.63) is 82.3 Å². The van der Waals surface area contributed by atoms with Gasteiger partial charge in [0.2, 0.25) is 0 Å². The summed E-state index contributed by atoms with van der Waals surface area (Å²) in [6.45, 7) is 4.07. The average Bonchev–Trinajstić information content (AvgIpc) is 2.78. The fourth-order valence-corrected chi connectivity index (χ4v) is 3.18. The summed E-state index contributed by atoms with van der Waals surface area (Å²) in [5.41, 5.74) is 1.24. The second-order valence-electron chi connectivity index (χ2n) is 6.76. The molecule has 6 nitrogen and oxygen atoms in total. The van der Waals surface area contributed by atoms with E-state index in [0.29, 0.717) is 23.0 Å². The smallest absolute Gasteiger partial charge is 0.265 e. The lowest BCUT2D eigenvalue weighted by atomic mass is 10.1. The molecule has 0 aromatic heterocycles. The van der Waals surface area contributed by atoms with E-state index in [-0.39, 0.29) is 22.2 Å². The summed E-state index contributed by atoms with van der Waals surface area (Å²) in [7, 11) is 0. The largest absolute Gasteiger partial charge is 0.494 e. The Morgan fingerprint density at radius 2 is 1.66 bits per heavy atom. The molecular formula is C24H22Cl2N2O4. The van der Waals surface area contributed by atoms with E-state index in [4.69, 9.17) is 32.7 Å². The number of carbonyl (C=O) groups excluding carboxylic acids is 2. The van der Waals surface area contributed by atoms with Gasteiger partial charge in [-0.25, -0.2) is 0 Å². The van der Waals surface area contributed by atoms with Gasteiger partial charge in [0.1, 0.15) is 11.5 Å². The molecule has 0 aliphatic heterocycles. The summed E-state index contributed by atoms with van der Waals surface area (Å²) in [6.07, 6.45) is -0.856. The van der Waals surface area contributed by atoms with Gasteiger partial charge in [-0.2, -0.15) is 0 Å². The van der Waals surface area contributed by atoms with Crippen molar-refractivity contribution < 1.29 is 19.1 Å². The van der Waals surface area contributed by atoms with Crippen LogP contribution in [-0.2, 0) is 4.79 Å². The van der Waals surface area contributed by atoms with E-state index in [0.717, 1.165) is 5.75 Å². The van der Waals surface area contributed by atoms with Crippen molar-refractivity contribution in [3.8, 4) is 11.5 Å². The van der Waals surface area contributed by atoms with Gasteiger partial charge in [-0.15, -0.1) is 0 Å². The summed E-state index contributed by atoms with van der Waals surface area (Å²) in [5, 5.41) is 6.07. The molecule has 166 valence electrons. The van der Waals surface area contributed by atoms with Gasteiger partial charge in [0.05, 0.1) is 27.9 Å². The van der Waals surface area contributed by atoms with Crippen LogP contribution in [0.2, 0.25) is 10.0 Å². The molecule has 0 aliphatic carbocycles. The molecule has 0 unspecified atom stereocenters. The molecule has 32 heavy (non-hydrogen) atoms. The normalized spacial score (nSPS) is 11.4. The molecule has 2 N–H and O–H groups in total. The zero-order valence-electron chi connectivity index (χ0n) is 17.5. The van der Waals surface area contributed by atoms with Crippen LogP contribution in [0.5, 0.6) is 11.5 Å². The summed E-state index contributed by atoms with van der Waals surface area (Å²) in [5.74, 6) is 0.179. The fraction of sp³-hybridized carbons (Fsp3) is 0.167. The molecule has 1 atom stereocenters. The minimum Gasteiger partial charge on any atom is -0.494 e. The van der Waals surface area contributed by atoms with Gasteiger partial charge in [-0.3, -0.25) is 9.59 Å². The van der Waals surface area contributed by atoms with Gasteiger partial charge in [-0.05, 0) is 62.4 Å². The van der Waals surface area contributed by atoms with Gasteiger partial charge < -0.3 is 20.1 Å². The first kappa shape index (κ1) is 23.4. The Bertz CT molecular complexity index is 1100. The van der Waals surface area contributed by atoms with Gasteiger partial charge in [0.25, 0.3) is 11.8 Å². The molecule has 3 aromatic carbocycles. The molecule has 0 aliphatic rings. The highest BCUT2D eigenvalue weighted by Gasteiger charge is 2.20. The molecule has 0 radical (unpaired) electrons. The zero-order valence-corrected chi connectivity index (χ0v) is 19.0. The number of para-hydroxylation sites is 1. The molecule has 0 saturated heterocycles. The number of hydrogen-bond donors (Lipinski definition) is 2. The molecule has 0 bridgehead atoms. The molecule has 3 aromatic rings. The van der Waals surface area contributed by atoms with Crippen LogP contribution in [0.1, 0.15) is 24.2 Å². The number of halogens is 2. The number of anilines is 2. The molecule has 8 heteroatoms. The Hall–Kier alpha value is -3.22. The Balaban J connectivity index is 1.68. The molecule has 0 saturated carbocycles. The van der Waals surface area contributed by atoms with E-state index in [1.807, 2.05) is 6.92 Å². The lowest BCUT2D eigenvalue weighted by Crippen LogP contribution is -2.30. The Morgan fingerprint density at radius 1 is 0.938 bits per heavy atom. The number of carbonyl (C=O) groups is 2. The topological polar surface area (TPSA) is 76.7 Å². The maximum absolute atomic E-state index is 12.8. The molecule has 0 fully saturated rings. The highest BCUT2D eigenvalue weighted by molar-refractivity contribution is 6.44. The van der Waals surface area contributed by atoms with E-state index >= 15 is 0 Å². The minimum absolute atomic E-state index is 0.240.